The van der Waals surface area contributed by atoms with Gasteiger partial charge in [0.25, 0.3) is 0 Å². The third kappa shape index (κ3) is 2.47. The van der Waals surface area contributed by atoms with Gasteiger partial charge in [0.2, 0.25) is 0 Å². The molecule has 1 heterocycles. The molecule has 0 bridgehead atoms. The van der Waals surface area contributed by atoms with Gasteiger partial charge in [-0.2, -0.15) is 0 Å². The number of hydrogen-bond donors (Lipinski definition) is 1. The molecule has 3 rings (SSSR count). The lowest BCUT2D eigenvalue weighted by Crippen LogP contribution is -1.82. The molecule has 0 radical (unpaired) electrons. The molecule has 0 aliphatic heterocycles. The van der Waals surface area contributed by atoms with Crippen molar-refractivity contribution >= 4 is 0 Å². The van der Waals surface area contributed by atoms with E-state index in [2.05, 4.69) is 11.1 Å². The summed E-state index contributed by atoms with van der Waals surface area (Å²) in [5, 5.41) is 9.90. The SMILES string of the molecule is Oc1cc(-c2ccccc2)cc(-c2ccncc2)c1. The molecule has 0 saturated heterocycles. The van der Waals surface area contributed by atoms with Gasteiger partial charge < -0.3 is 5.11 Å². The molecule has 2 aromatic carbocycles. The standard InChI is InChI=1S/C17H13NO/c19-17-11-15(13-4-2-1-3-5-13)10-16(12-17)14-6-8-18-9-7-14/h1-12,19H. The van der Waals surface area contributed by atoms with Crippen LogP contribution < -0.4 is 0 Å². The van der Waals surface area contributed by atoms with Crippen molar-refractivity contribution in [1.29, 1.82) is 0 Å². The zero-order valence-electron chi connectivity index (χ0n) is 10.3. The monoisotopic (exact) mass is 247 g/mol. The Morgan fingerprint density at radius 3 is 1.84 bits per heavy atom. The van der Waals surface area contributed by atoms with Crippen LogP contribution in [0.4, 0.5) is 0 Å². The van der Waals surface area contributed by atoms with Crippen LogP contribution in [0.25, 0.3) is 22.3 Å². The van der Waals surface area contributed by atoms with Gasteiger partial charge in [0.1, 0.15) is 5.75 Å². The Morgan fingerprint density at radius 1 is 0.632 bits per heavy atom. The van der Waals surface area contributed by atoms with Crippen LogP contribution in [0.15, 0.2) is 73.1 Å². The number of phenolic OH excluding ortho intramolecular Hbond substituents is 1. The smallest absolute Gasteiger partial charge is 0.116 e. The Balaban J connectivity index is 2.12. The minimum atomic E-state index is 0.271. The van der Waals surface area contributed by atoms with E-state index in [0.717, 1.165) is 22.3 Å². The fourth-order valence-electron chi connectivity index (χ4n) is 2.12. The minimum absolute atomic E-state index is 0.271. The molecule has 0 aliphatic carbocycles. The lowest BCUT2D eigenvalue weighted by molar-refractivity contribution is 0.476. The van der Waals surface area contributed by atoms with Crippen LogP contribution in [-0.2, 0) is 0 Å². The largest absolute Gasteiger partial charge is 0.508 e. The topological polar surface area (TPSA) is 33.1 Å². The quantitative estimate of drug-likeness (QED) is 0.738. The molecular formula is C17H13NO. The number of aromatic hydroxyl groups is 1. The Kier molecular flexibility index (Phi) is 2.99. The van der Waals surface area contributed by atoms with Gasteiger partial charge in [-0.3, -0.25) is 4.98 Å². The molecule has 1 N–H and O–H groups in total. The summed E-state index contributed by atoms with van der Waals surface area (Å²) in [5.74, 6) is 0.271. The summed E-state index contributed by atoms with van der Waals surface area (Å²) in [4.78, 5) is 4.01. The summed E-state index contributed by atoms with van der Waals surface area (Å²) in [6.07, 6.45) is 3.50. The average Bonchev–Trinajstić information content (AvgIpc) is 2.48. The molecule has 19 heavy (non-hydrogen) atoms. The van der Waals surface area contributed by atoms with Crippen LogP contribution in [0.2, 0.25) is 0 Å². The van der Waals surface area contributed by atoms with Crippen molar-refractivity contribution in [3.8, 4) is 28.0 Å². The normalized spacial score (nSPS) is 10.3. The molecule has 0 saturated carbocycles. The highest BCUT2D eigenvalue weighted by molar-refractivity contribution is 5.74. The fourth-order valence-corrected chi connectivity index (χ4v) is 2.12. The van der Waals surface area contributed by atoms with Crippen molar-refractivity contribution in [3.05, 3.63) is 73.1 Å². The van der Waals surface area contributed by atoms with E-state index in [1.165, 1.54) is 0 Å². The first-order valence-electron chi connectivity index (χ1n) is 6.13. The van der Waals surface area contributed by atoms with E-state index >= 15 is 0 Å². The van der Waals surface area contributed by atoms with E-state index in [-0.39, 0.29) is 5.75 Å². The molecule has 92 valence electrons. The summed E-state index contributed by atoms with van der Waals surface area (Å²) in [5.41, 5.74) is 4.13. The summed E-state index contributed by atoms with van der Waals surface area (Å²) in [7, 11) is 0. The number of aromatic nitrogens is 1. The number of pyridine rings is 1. The van der Waals surface area contributed by atoms with Crippen LogP contribution >= 0.6 is 0 Å². The van der Waals surface area contributed by atoms with Gasteiger partial charge in [-0.05, 0) is 52.6 Å². The van der Waals surface area contributed by atoms with E-state index in [9.17, 15) is 5.11 Å². The summed E-state index contributed by atoms with van der Waals surface area (Å²) in [6, 6.07) is 19.5. The molecule has 0 amide bonds. The molecule has 0 atom stereocenters. The highest BCUT2D eigenvalue weighted by Crippen LogP contribution is 2.30. The summed E-state index contributed by atoms with van der Waals surface area (Å²) < 4.78 is 0. The van der Waals surface area contributed by atoms with Crippen molar-refractivity contribution in [2.75, 3.05) is 0 Å². The second kappa shape index (κ2) is 4.94. The van der Waals surface area contributed by atoms with Crippen LogP contribution in [0.3, 0.4) is 0 Å². The Hall–Kier alpha value is -2.61. The van der Waals surface area contributed by atoms with Gasteiger partial charge in [-0.25, -0.2) is 0 Å². The zero-order chi connectivity index (χ0) is 13.1. The molecule has 3 aromatic rings. The van der Waals surface area contributed by atoms with Gasteiger partial charge in [-0.15, -0.1) is 0 Å². The Bertz CT molecular complexity index is 620. The predicted molar refractivity (Wildman–Crippen MR) is 76.8 cm³/mol. The van der Waals surface area contributed by atoms with Gasteiger partial charge in [0.05, 0.1) is 0 Å². The molecule has 1 aromatic heterocycles. The third-order valence-corrected chi connectivity index (χ3v) is 3.04. The minimum Gasteiger partial charge on any atom is -0.508 e. The van der Waals surface area contributed by atoms with Gasteiger partial charge in [0.15, 0.2) is 0 Å². The van der Waals surface area contributed by atoms with Crippen LogP contribution in [0, 0.1) is 0 Å². The maximum Gasteiger partial charge on any atom is 0.116 e. The number of hydrogen-bond acceptors (Lipinski definition) is 2. The van der Waals surface area contributed by atoms with Gasteiger partial charge >= 0.3 is 0 Å². The molecular weight excluding hydrogens is 234 g/mol. The van der Waals surface area contributed by atoms with E-state index in [1.54, 1.807) is 24.5 Å². The summed E-state index contributed by atoms with van der Waals surface area (Å²) in [6.45, 7) is 0. The number of phenols is 1. The maximum atomic E-state index is 9.90. The van der Waals surface area contributed by atoms with E-state index in [1.807, 2.05) is 42.5 Å². The van der Waals surface area contributed by atoms with E-state index < -0.39 is 0 Å². The zero-order valence-corrected chi connectivity index (χ0v) is 10.3. The average molecular weight is 247 g/mol. The lowest BCUT2D eigenvalue weighted by atomic mass is 9.99. The van der Waals surface area contributed by atoms with Crippen LogP contribution in [-0.4, -0.2) is 10.1 Å². The molecule has 0 spiro atoms. The van der Waals surface area contributed by atoms with Gasteiger partial charge in [-0.1, -0.05) is 30.3 Å². The highest BCUT2D eigenvalue weighted by atomic mass is 16.3. The highest BCUT2D eigenvalue weighted by Gasteiger charge is 2.04. The second-order valence-corrected chi connectivity index (χ2v) is 4.37. The molecule has 0 fully saturated rings. The van der Waals surface area contributed by atoms with Crippen LogP contribution in [0.1, 0.15) is 0 Å². The number of rotatable bonds is 2. The number of benzene rings is 2. The molecule has 2 nitrogen and oxygen atoms in total. The maximum absolute atomic E-state index is 9.90. The van der Waals surface area contributed by atoms with E-state index in [4.69, 9.17) is 0 Å². The van der Waals surface area contributed by atoms with Crippen LogP contribution in [0.5, 0.6) is 5.75 Å². The first-order valence-corrected chi connectivity index (χ1v) is 6.13. The molecule has 2 heteroatoms. The van der Waals surface area contributed by atoms with Crippen molar-refractivity contribution in [1.82, 2.24) is 4.98 Å². The third-order valence-electron chi connectivity index (χ3n) is 3.04. The lowest BCUT2D eigenvalue weighted by Gasteiger charge is -2.07. The fraction of sp³-hybridized carbons (Fsp3) is 0. The Morgan fingerprint density at radius 2 is 1.21 bits per heavy atom. The van der Waals surface area contributed by atoms with Crippen molar-refractivity contribution < 1.29 is 5.11 Å². The first kappa shape index (κ1) is 11.5. The predicted octanol–water partition coefficient (Wildman–Crippen LogP) is 4.12. The second-order valence-electron chi connectivity index (χ2n) is 4.37. The van der Waals surface area contributed by atoms with Gasteiger partial charge in [0, 0.05) is 12.4 Å². The van der Waals surface area contributed by atoms with E-state index in [0.29, 0.717) is 0 Å². The molecule has 0 aliphatic rings. The van der Waals surface area contributed by atoms with Crippen molar-refractivity contribution in [2.24, 2.45) is 0 Å². The first-order chi connectivity index (χ1) is 9.33. The van der Waals surface area contributed by atoms with Crippen molar-refractivity contribution in [3.63, 3.8) is 0 Å². The Labute approximate surface area is 112 Å². The molecule has 0 unspecified atom stereocenters. The summed E-state index contributed by atoms with van der Waals surface area (Å²) >= 11 is 0. The van der Waals surface area contributed by atoms with Crippen molar-refractivity contribution in [2.45, 2.75) is 0 Å². The number of nitrogens with zero attached hydrogens (tertiary/aromatic N) is 1.